The Labute approximate surface area is 138 Å². The van der Waals surface area contributed by atoms with Crippen LogP contribution in [0.25, 0.3) is 0 Å². The van der Waals surface area contributed by atoms with Gasteiger partial charge in [-0.05, 0) is 38.1 Å². The minimum Gasteiger partial charge on any atom is -0.494 e. The molecular weight excluding hydrogens is 288 g/mol. The molecule has 0 spiro atoms. The average molecular weight is 314 g/mol. The summed E-state index contributed by atoms with van der Waals surface area (Å²) in [6.45, 7) is 4.94. The summed E-state index contributed by atoms with van der Waals surface area (Å²) in [7, 11) is 0. The molecule has 1 aliphatic carbocycles. The Balaban J connectivity index is 1.63. The fraction of sp³-hybridized carbons (Fsp3) is 0.474. The quantitative estimate of drug-likeness (QED) is 0.723. The highest BCUT2D eigenvalue weighted by Gasteiger charge is 2.15. The molecule has 1 unspecified atom stereocenters. The minimum absolute atomic E-state index is 0.342. The van der Waals surface area contributed by atoms with Gasteiger partial charge in [-0.3, -0.25) is 0 Å². The van der Waals surface area contributed by atoms with E-state index >= 15 is 0 Å². The van der Waals surface area contributed by atoms with Gasteiger partial charge in [0.2, 0.25) is 0 Å². The molecule has 0 amide bonds. The monoisotopic (exact) mass is 314 g/mol. The van der Waals surface area contributed by atoms with Crippen LogP contribution in [-0.2, 0) is 11.3 Å². The third kappa shape index (κ3) is 4.85. The van der Waals surface area contributed by atoms with Crippen molar-refractivity contribution in [2.45, 2.75) is 19.4 Å². The smallest absolute Gasteiger partial charge is 0.123 e. The number of hydrogen-bond donors (Lipinski definition) is 2. The molecule has 1 heterocycles. The van der Waals surface area contributed by atoms with Crippen molar-refractivity contribution in [3.8, 4) is 5.75 Å². The van der Waals surface area contributed by atoms with Gasteiger partial charge in [-0.1, -0.05) is 30.4 Å². The Kier molecular flexibility index (Phi) is 6.12. The van der Waals surface area contributed by atoms with Gasteiger partial charge < -0.3 is 20.1 Å². The number of benzene rings is 1. The Morgan fingerprint density at radius 2 is 1.87 bits per heavy atom. The molecule has 2 aliphatic rings. The first-order chi connectivity index (χ1) is 11.4. The second-order valence-corrected chi connectivity index (χ2v) is 5.92. The maximum atomic E-state index is 5.97. The molecule has 0 aromatic heterocycles. The highest BCUT2D eigenvalue weighted by molar-refractivity contribution is 5.33. The summed E-state index contributed by atoms with van der Waals surface area (Å²) < 4.78 is 11.9. The predicted molar refractivity (Wildman–Crippen MR) is 92.4 cm³/mol. The van der Waals surface area contributed by atoms with Crippen LogP contribution in [0, 0.1) is 5.92 Å². The summed E-state index contributed by atoms with van der Waals surface area (Å²) in [6.07, 6.45) is 8.70. The molecule has 0 fully saturated rings. The van der Waals surface area contributed by atoms with Gasteiger partial charge in [0.05, 0.1) is 0 Å². The van der Waals surface area contributed by atoms with Gasteiger partial charge in [0.15, 0.2) is 0 Å². The lowest BCUT2D eigenvalue weighted by molar-refractivity contribution is 0.138. The van der Waals surface area contributed by atoms with Crippen molar-refractivity contribution in [1.82, 2.24) is 10.6 Å². The van der Waals surface area contributed by atoms with Gasteiger partial charge in [0.25, 0.3) is 0 Å². The SMILES string of the molecule is C1=CC2CNCCCNCc3ccccc3OCCOC2=CC1. The van der Waals surface area contributed by atoms with Crippen LogP contribution in [-0.4, -0.2) is 32.8 Å². The molecule has 0 saturated carbocycles. The molecule has 0 radical (unpaired) electrons. The van der Waals surface area contributed by atoms with Crippen molar-refractivity contribution in [3.63, 3.8) is 0 Å². The van der Waals surface area contributed by atoms with E-state index < -0.39 is 0 Å². The van der Waals surface area contributed by atoms with E-state index in [0.29, 0.717) is 19.1 Å². The van der Waals surface area contributed by atoms with Crippen LogP contribution < -0.4 is 15.4 Å². The summed E-state index contributed by atoms with van der Waals surface area (Å²) in [5.41, 5.74) is 1.20. The Bertz CT molecular complexity index is 554. The second kappa shape index (κ2) is 8.75. The molecule has 0 saturated heterocycles. The maximum Gasteiger partial charge on any atom is 0.123 e. The summed E-state index contributed by atoms with van der Waals surface area (Å²) in [4.78, 5) is 0. The van der Waals surface area contributed by atoms with Crippen molar-refractivity contribution in [2.75, 3.05) is 32.8 Å². The normalized spacial score (nSPS) is 23.1. The van der Waals surface area contributed by atoms with Crippen LogP contribution in [0.3, 0.4) is 0 Å². The van der Waals surface area contributed by atoms with Gasteiger partial charge in [0, 0.05) is 24.6 Å². The largest absolute Gasteiger partial charge is 0.494 e. The number of fused-ring (bicyclic) bond motifs is 2. The number of ether oxygens (including phenoxy) is 2. The van der Waals surface area contributed by atoms with Gasteiger partial charge in [-0.25, -0.2) is 0 Å². The summed E-state index contributed by atoms with van der Waals surface area (Å²) in [6, 6.07) is 8.22. The standard InChI is InChI=1S/C19H26N2O2/c1-3-8-18-16(6-1)14-20-10-5-11-21-15-17-7-2-4-9-19(17)23-13-12-22-18/h1-3,6-9,17,20-21H,4-5,10-15H2. The molecule has 1 aliphatic heterocycles. The van der Waals surface area contributed by atoms with E-state index in [1.54, 1.807) is 0 Å². The van der Waals surface area contributed by atoms with Crippen molar-refractivity contribution >= 4 is 0 Å². The molecule has 124 valence electrons. The maximum absolute atomic E-state index is 5.97. The first kappa shape index (κ1) is 16.1. The van der Waals surface area contributed by atoms with Crippen LogP contribution in [0.15, 0.2) is 48.3 Å². The fourth-order valence-corrected chi connectivity index (χ4v) is 2.93. The molecule has 23 heavy (non-hydrogen) atoms. The number of nitrogens with one attached hydrogen (secondary N) is 2. The zero-order chi connectivity index (χ0) is 15.7. The average Bonchev–Trinajstić information content (AvgIpc) is 2.60. The highest BCUT2D eigenvalue weighted by Crippen LogP contribution is 2.21. The third-order valence-corrected chi connectivity index (χ3v) is 4.16. The van der Waals surface area contributed by atoms with Crippen LogP contribution in [0.2, 0.25) is 0 Å². The second-order valence-electron chi connectivity index (χ2n) is 5.92. The van der Waals surface area contributed by atoms with E-state index in [-0.39, 0.29) is 0 Å². The summed E-state index contributed by atoms with van der Waals surface area (Å²) in [5.74, 6) is 2.37. The van der Waals surface area contributed by atoms with Crippen molar-refractivity contribution in [3.05, 3.63) is 53.8 Å². The van der Waals surface area contributed by atoms with E-state index in [2.05, 4.69) is 41.0 Å². The van der Waals surface area contributed by atoms with Crippen LogP contribution in [0.4, 0.5) is 0 Å². The first-order valence-electron chi connectivity index (χ1n) is 8.55. The molecule has 4 nitrogen and oxygen atoms in total. The van der Waals surface area contributed by atoms with Crippen molar-refractivity contribution in [2.24, 2.45) is 5.92 Å². The van der Waals surface area contributed by atoms with E-state index in [1.807, 2.05) is 12.1 Å². The molecule has 2 N–H and O–H groups in total. The number of para-hydroxylation sites is 1. The van der Waals surface area contributed by atoms with Crippen LogP contribution in [0.1, 0.15) is 18.4 Å². The zero-order valence-corrected chi connectivity index (χ0v) is 13.6. The van der Waals surface area contributed by atoms with Crippen LogP contribution in [0.5, 0.6) is 5.75 Å². The fourth-order valence-electron chi connectivity index (χ4n) is 2.93. The summed E-state index contributed by atoms with van der Waals surface area (Å²) >= 11 is 0. The summed E-state index contributed by atoms with van der Waals surface area (Å²) in [5, 5.41) is 7.02. The van der Waals surface area contributed by atoms with E-state index in [9.17, 15) is 0 Å². The number of allylic oxidation sites excluding steroid dienone is 2. The Morgan fingerprint density at radius 1 is 1.00 bits per heavy atom. The molecular formula is C19H26N2O2. The first-order valence-corrected chi connectivity index (χ1v) is 8.55. The van der Waals surface area contributed by atoms with E-state index in [0.717, 1.165) is 50.5 Å². The van der Waals surface area contributed by atoms with E-state index in [4.69, 9.17) is 9.47 Å². The highest BCUT2D eigenvalue weighted by atomic mass is 16.5. The molecule has 1 aromatic rings. The van der Waals surface area contributed by atoms with Crippen LogP contribution >= 0.6 is 0 Å². The lowest BCUT2D eigenvalue weighted by Gasteiger charge is -2.21. The predicted octanol–water partition coefficient (Wildman–Crippen LogP) is 2.62. The van der Waals surface area contributed by atoms with Gasteiger partial charge in [0.1, 0.15) is 24.7 Å². The zero-order valence-electron chi connectivity index (χ0n) is 13.6. The van der Waals surface area contributed by atoms with E-state index in [1.165, 1.54) is 5.56 Å². The topological polar surface area (TPSA) is 42.5 Å². The van der Waals surface area contributed by atoms with Crippen molar-refractivity contribution in [1.29, 1.82) is 0 Å². The number of hydrogen-bond acceptors (Lipinski definition) is 4. The van der Waals surface area contributed by atoms with Gasteiger partial charge in [-0.2, -0.15) is 0 Å². The molecule has 4 heteroatoms. The lowest BCUT2D eigenvalue weighted by Crippen LogP contribution is -2.27. The van der Waals surface area contributed by atoms with Crippen molar-refractivity contribution < 1.29 is 9.47 Å². The lowest BCUT2D eigenvalue weighted by atomic mass is 10.0. The Hall–Kier alpha value is -1.78. The van der Waals surface area contributed by atoms with Gasteiger partial charge >= 0.3 is 0 Å². The number of rotatable bonds is 0. The Morgan fingerprint density at radius 3 is 2.87 bits per heavy atom. The molecule has 3 rings (SSSR count). The third-order valence-electron chi connectivity index (χ3n) is 4.16. The molecule has 1 atom stereocenters. The van der Waals surface area contributed by atoms with Gasteiger partial charge in [-0.15, -0.1) is 0 Å². The minimum atomic E-state index is 0.342. The molecule has 0 bridgehead atoms. The molecule has 1 aromatic carbocycles.